The van der Waals surface area contributed by atoms with Crippen molar-refractivity contribution in [1.29, 1.82) is 0 Å². The summed E-state index contributed by atoms with van der Waals surface area (Å²) in [5.41, 5.74) is 3.22. The van der Waals surface area contributed by atoms with Crippen molar-refractivity contribution < 1.29 is 14.3 Å². The molecule has 2 amide bonds. The Morgan fingerprint density at radius 2 is 1.56 bits per heavy atom. The predicted molar refractivity (Wildman–Crippen MR) is 140 cm³/mol. The van der Waals surface area contributed by atoms with E-state index in [1.165, 1.54) is 17.3 Å². The van der Waals surface area contributed by atoms with Crippen LogP contribution < -0.4 is 10.1 Å². The number of nitrogens with zero attached hydrogens (tertiary/aromatic N) is 1. The molecule has 0 aromatic heterocycles. The Labute approximate surface area is 209 Å². The largest absolute Gasteiger partial charge is 0.493 e. The van der Waals surface area contributed by atoms with E-state index in [1.807, 2.05) is 72.8 Å². The Bertz CT molecular complexity index is 1120. The second-order valence-electron chi connectivity index (χ2n) is 7.99. The number of thiocarbonyl (C=S) groups is 1. The lowest BCUT2D eigenvalue weighted by molar-refractivity contribution is -0.129. The lowest BCUT2D eigenvalue weighted by Gasteiger charge is -2.15. The zero-order valence-corrected chi connectivity index (χ0v) is 20.3. The van der Waals surface area contributed by atoms with Gasteiger partial charge in [0, 0.05) is 19.4 Å². The summed E-state index contributed by atoms with van der Waals surface area (Å²) in [5.74, 6) is 0.524. The molecule has 7 heteroatoms. The van der Waals surface area contributed by atoms with Gasteiger partial charge in [0.25, 0.3) is 0 Å². The lowest BCUT2D eigenvalue weighted by Crippen LogP contribution is -2.33. The molecular formula is C27H26N2O3S2. The number of ether oxygens (including phenoxy) is 1. The molecule has 1 unspecified atom stereocenters. The third kappa shape index (κ3) is 6.68. The summed E-state index contributed by atoms with van der Waals surface area (Å²) in [4.78, 5) is 26.8. The number of amides is 2. The molecule has 0 saturated carbocycles. The monoisotopic (exact) mass is 490 g/mol. The second-order valence-corrected chi connectivity index (χ2v) is 9.83. The van der Waals surface area contributed by atoms with Crippen molar-refractivity contribution in [3.63, 3.8) is 0 Å². The average molecular weight is 491 g/mol. The normalized spacial score (nSPS) is 15.4. The Kier molecular flexibility index (Phi) is 8.33. The van der Waals surface area contributed by atoms with Crippen LogP contribution in [0.1, 0.15) is 23.1 Å². The number of nitrogens with one attached hydrogen (secondary N) is 1. The quantitative estimate of drug-likeness (QED) is 0.416. The second kappa shape index (κ2) is 11.8. The van der Waals surface area contributed by atoms with E-state index in [0.717, 1.165) is 23.3 Å². The van der Waals surface area contributed by atoms with E-state index in [9.17, 15) is 9.59 Å². The van der Waals surface area contributed by atoms with Gasteiger partial charge >= 0.3 is 0 Å². The minimum Gasteiger partial charge on any atom is -0.493 e. The van der Waals surface area contributed by atoms with Crippen molar-refractivity contribution in [2.45, 2.75) is 31.2 Å². The molecule has 1 fully saturated rings. The van der Waals surface area contributed by atoms with Gasteiger partial charge in [0.1, 0.15) is 10.1 Å². The first-order valence-corrected chi connectivity index (χ1v) is 12.5. The molecule has 1 saturated heterocycles. The Morgan fingerprint density at radius 3 is 2.24 bits per heavy atom. The van der Waals surface area contributed by atoms with Gasteiger partial charge in [0.15, 0.2) is 0 Å². The van der Waals surface area contributed by atoms with Gasteiger partial charge in [-0.15, -0.1) is 0 Å². The minimum atomic E-state index is -0.475. The smallest absolute Gasteiger partial charge is 0.242 e. The number of hydrogen-bond donors (Lipinski definition) is 1. The highest BCUT2D eigenvalue weighted by molar-refractivity contribution is 8.24. The summed E-state index contributed by atoms with van der Waals surface area (Å²) in [6.07, 6.45) is 0.957. The van der Waals surface area contributed by atoms with Crippen LogP contribution in [0.4, 0.5) is 0 Å². The fourth-order valence-corrected chi connectivity index (χ4v) is 5.10. The van der Waals surface area contributed by atoms with Crippen molar-refractivity contribution >= 4 is 40.1 Å². The highest BCUT2D eigenvalue weighted by atomic mass is 32.2. The van der Waals surface area contributed by atoms with Crippen LogP contribution in [0.2, 0.25) is 0 Å². The van der Waals surface area contributed by atoms with E-state index in [0.29, 0.717) is 24.0 Å². The summed E-state index contributed by atoms with van der Waals surface area (Å²) >= 11 is 6.67. The van der Waals surface area contributed by atoms with Gasteiger partial charge in [-0.2, -0.15) is 0 Å². The Balaban J connectivity index is 1.20. The highest BCUT2D eigenvalue weighted by Gasteiger charge is 2.37. The highest BCUT2D eigenvalue weighted by Crippen LogP contribution is 2.30. The van der Waals surface area contributed by atoms with E-state index < -0.39 is 5.25 Å². The number of carbonyl (C=O) groups is 2. The predicted octanol–water partition coefficient (Wildman–Crippen LogP) is 4.74. The van der Waals surface area contributed by atoms with Gasteiger partial charge in [0.2, 0.25) is 11.8 Å². The molecule has 0 aliphatic carbocycles. The first-order valence-electron chi connectivity index (χ1n) is 11.2. The van der Waals surface area contributed by atoms with Crippen LogP contribution in [0.25, 0.3) is 0 Å². The molecule has 0 radical (unpaired) electrons. The molecule has 1 aliphatic rings. The maximum Gasteiger partial charge on any atom is 0.242 e. The molecule has 1 atom stereocenters. The van der Waals surface area contributed by atoms with Crippen molar-refractivity contribution in [1.82, 2.24) is 10.2 Å². The van der Waals surface area contributed by atoms with Gasteiger partial charge in [-0.25, -0.2) is 0 Å². The third-order valence-corrected chi connectivity index (χ3v) is 7.06. The molecule has 1 N–H and O–H groups in total. The fraction of sp³-hybridized carbons (Fsp3) is 0.222. The molecule has 174 valence electrons. The van der Waals surface area contributed by atoms with E-state index in [1.54, 1.807) is 4.90 Å². The summed E-state index contributed by atoms with van der Waals surface area (Å²) < 4.78 is 6.33. The van der Waals surface area contributed by atoms with Crippen molar-refractivity contribution in [2.75, 3.05) is 6.61 Å². The summed E-state index contributed by atoms with van der Waals surface area (Å²) in [6, 6.07) is 27.6. The first kappa shape index (κ1) is 24.0. The lowest BCUT2D eigenvalue weighted by atomic mass is 10.2. The van der Waals surface area contributed by atoms with Crippen LogP contribution in [0.5, 0.6) is 5.75 Å². The van der Waals surface area contributed by atoms with E-state index in [-0.39, 0.29) is 18.2 Å². The molecule has 34 heavy (non-hydrogen) atoms. The molecule has 5 nitrogen and oxygen atoms in total. The molecule has 3 aromatic rings. The zero-order chi connectivity index (χ0) is 23.8. The molecule has 1 heterocycles. The summed E-state index contributed by atoms with van der Waals surface area (Å²) in [6.45, 7) is 1.44. The van der Waals surface area contributed by atoms with Crippen LogP contribution in [0.15, 0.2) is 84.9 Å². The van der Waals surface area contributed by atoms with Crippen LogP contribution in [0.3, 0.4) is 0 Å². The van der Waals surface area contributed by atoms with Crippen LogP contribution in [0, 0.1) is 0 Å². The summed E-state index contributed by atoms with van der Waals surface area (Å²) in [5, 5.41) is 2.43. The van der Waals surface area contributed by atoms with Gasteiger partial charge in [-0.05, 0) is 28.8 Å². The van der Waals surface area contributed by atoms with E-state index >= 15 is 0 Å². The standard InChI is InChI=1S/C27H26N2O3S2/c30-25(17-24-26(31)29(27(33)34-24)19-22-9-5-2-6-10-22)28-18-21-11-13-23(14-12-21)32-16-15-20-7-3-1-4-8-20/h1-14,24H,15-19H2,(H,28,30). The number of hydrogen-bond acceptors (Lipinski definition) is 5. The molecule has 0 bridgehead atoms. The first-order chi connectivity index (χ1) is 16.6. The summed E-state index contributed by atoms with van der Waals surface area (Å²) in [7, 11) is 0. The van der Waals surface area contributed by atoms with Crippen molar-refractivity contribution in [3.05, 3.63) is 102 Å². The van der Waals surface area contributed by atoms with Crippen LogP contribution >= 0.6 is 24.0 Å². The van der Waals surface area contributed by atoms with E-state index in [2.05, 4.69) is 17.4 Å². The molecule has 3 aromatic carbocycles. The fourth-order valence-electron chi connectivity index (χ4n) is 3.61. The molecule has 0 spiro atoms. The third-order valence-electron chi connectivity index (χ3n) is 5.47. The topological polar surface area (TPSA) is 58.6 Å². The van der Waals surface area contributed by atoms with Gasteiger partial charge in [-0.1, -0.05) is 96.8 Å². The van der Waals surface area contributed by atoms with Crippen molar-refractivity contribution in [2.24, 2.45) is 0 Å². The molecule has 4 rings (SSSR count). The zero-order valence-electron chi connectivity index (χ0n) is 18.7. The molecule has 1 aliphatic heterocycles. The number of thioether (sulfide) groups is 1. The van der Waals surface area contributed by atoms with Crippen LogP contribution in [-0.4, -0.2) is 32.9 Å². The van der Waals surface area contributed by atoms with Gasteiger partial charge < -0.3 is 10.1 Å². The number of carbonyl (C=O) groups excluding carboxylic acids is 2. The van der Waals surface area contributed by atoms with E-state index in [4.69, 9.17) is 17.0 Å². The maximum absolute atomic E-state index is 12.8. The average Bonchev–Trinajstić information content (AvgIpc) is 3.12. The maximum atomic E-state index is 12.8. The van der Waals surface area contributed by atoms with Gasteiger partial charge in [-0.3, -0.25) is 14.5 Å². The molecular weight excluding hydrogens is 464 g/mol. The minimum absolute atomic E-state index is 0.106. The van der Waals surface area contributed by atoms with Crippen molar-refractivity contribution in [3.8, 4) is 5.75 Å². The number of rotatable bonds is 10. The Hall–Kier alpha value is -3.16. The number of benzene rings is 3. The SMILES string of the molecule is O=C(CC1SC(=S)N(Cc2ccccc2)C1=O)NCc1ccc(OCCc2ccccc2)cc1. The van der Waals surface area contributed by atoms with Gasteiger partial charge in [0.05, 0.1) is 18.4 Å². The Morgan fingerprint density at radius 1 is 0.912 bits per heavy atom. The van der Waals surface area contributed by atoms with Crippen LogP contribution in [-0.2, 0) is 29.1 Å².